The number of alkyl halides is 1. The molecule has 5 nitrogen and oxygen atoms in total. The highest BCUT2D eigenvalue weighted by Gasteiger charge is 2.35. The second kappa shape index (κ2) is 6.67. The van der Waals surface area contributed by atoms with Crippen LogP contribution >= 0.6 is 22.6 Å². The first kappa shape index (κ1) is 16.4. The smallest absolute Gasteiger partial charge is 0.407 e. The number of rotatable bonds is 2. The lowest BCUT2D eigenvalue weighted by atomic mass is 9.97. The van der Waals surface area contributed by atoms with Gasteiger partial charge in [0.1, 0.15) is 18.4 Å². The molecule has 0 fully saturated rings. The second-order valence-electron chi connectivity index (χ2n) is 6.05. The predicted molar refractivity (Wildman–Crippen MR) is 101 cm³/mol. The molecule has 1 aliphatic carbocycles. The molecule has 128 valence electrons. The molecule has 0 radical (unpaired) electrons. The van der Waals surface area contributed by atoms with Crippen molar-refractivity contribution >= 4 is 34.7 Å². The molecule has 1 heterocycles. The first-order valence-electron chi connectivity index (χ1n) is 8.12. The van der Waals surface area contributed by atoms with Crippen LogP contribution in [0.15, 0.2) is 42.5 Å². The Kier molecular flexibility index (Phi) is 4.37. The molecule has 2 aliphatic rings. The summed E-state index contributed by atoms with van der Waals surface area (Å²) in [6.07, 6.45) is -0.0928. The van der Waals surface area contributed by atoms with Crippen molar-refractivity contribution in [1.29, 1.82) is 0 Å². The fourth-order valence-corrected chi connectivity index (χ4v) is 4.11. The number of alkyl carbamates (subject to hydrolysis) is 1. The van der Waals surface area contributed by atoms with Crippen molar-refractivity contribution in [2.24, 2.45) is 0 Å². The fourth-order valence-electron chi connectivity index (χ4n) is 3.48. The van der Waals surface area contributed by atoms with E-state index in [1.165, 1.54) is 0 Å². The summed E-state index contributed by atoms with van der Waals surface area (Å²) >= 11 is 2.17. The van der Waals surface area contributed by atoms with Crippen LogP contribution in [0.5, 0.6) is 5.75 Å². The highest BCUT2D eigenvalue weighted by Crippen LogP contribution is 2.48. The number of cyclic esters (lactones) is 1. The van der Waals surface area contributed by atoms with Crippen molar-refractivity contribution < 1.29 is 19.1 Å². The zero-order chi connectivity index (χ0) is 17.4. The van der Waals surface area contributed by atoms with Crippen LogP contribution in [0.25, 0.3) is 11.1 Å². The molecule has 0 aromatic heterocycles. The van der Waals surface area contributed by atoms with Crippen LogP contribution in [0.2, 0.25) is 0 Å². The quantitative estimate of drug-likeness (QED) is 0.329. The largest absolute Gasteiger partial charge is 0.449 e. The summed E-state index contributed by atoms with van der Waals surface area (Å²) in [6, 6.07) is 13.0. The average Bonchev–Trinajstić information content (AvgIpc) is 2.94. The third kappa shape index (κ3) is 2.88. The van der Waals surface area contributed by atoms with E-state index in [9.17, 15) is 9.59 Å². The molecule has 2 aromatic carbocycles. The van der Waals surface area contributed by atoms with E-state index in [2.05, 4.69) is 27.9 Å². The van der Waals surface area contributed by atoms with Crippen LogP contribution in [-0.4, -0.2) is 29.1 Å². The van der Waals surface area contributed by atoms with Crippen LogP contribution < -0.4 is 10.1 Å². The van der Waals surface area contributed by atoms with Gasteiger partial charge in [0.2, 0.25) is 0 Å². The van der Waals surface area contributed by atoms with E-state index in [4.69, 9.17) is 9.47 Å². The van der Waals surface area contributed by atoms with Crippen LogP contribution in [-0.2, 0) is 9.53 Å². The molecular formula is C19H16INO4. The summed E-state index contributed by atoms with van der Waals surface area (Å²) in [5.74, 6) is -0.0531. The Hall–Kier alpha value is -2.09. The maximum atomic E-state index is 12.5. The summed E-state index contributed by atoms with van der Waals surface area (Å²) < 4.78 is 11.9. The van der Waals surface area contributed by atoms with Gasteiger partial charge in [0.25, 0.3) is 0 Å². The average molecular weight is 449 g/mol. The van der Waals surface area contributed by atoms with E-state index in [1.807, 2.05) is 36.4 Å². The molecule has 6 heteroatoms. The number of carbonyl (C=O) groups is 2. The minimum atomic E-state index is -0.708. The first-order valence-corrected chi connectivity index (χ1v) is 9.64. The lowest BCUT2D eigenvalue weighted by Gasteiger charge is -2.23. The SMILES string of the molecule is O=C1N[C@@H](CCI)C(=O)Oc2cccc3c2C(CO1)c1ccccc1-3. The standard InChI is InChI=1S/C19H16INO4/c20-9-8-15-18(22)25-16-7-3-6-13-11-4-1-2-5-12(11)14(17(13)16)10-24-19(23)21-15/h1-7,14-15H,8-10H2,(H,21,23)/t14?,15-/m0/s1. The number of halogens is 1. The Labute approximate surface area is 158 Å². The van der Waals surface area contributed by atoms with Crippen molar-refractivity contribution in [3.05, 3.63) is 53.6 Å². The Morgan fingerprint density at radius 2 is 1.88 bits per heavy atom. The number of carbonyl (C=O) groups excluding carboxylic acids is 2. The number of hydrogen-bond donors (Lipinski definition) is 1. The highest BCUT2D eigenvalue weighted by atomic mass is 127. The third-order valence-electron chi connectivity index (χ3n) is 4.61. The molecule has 25 heavy (non-hydrogen) atoms. The zero-order valence-corrected chi connectivity index (χ0v) is 15.5. The first-order chi connectivity index (χ1) is 12.2. The van der Waals surface area contributed by atoms with E-state index in [1.54, 1.807) is 6.07 Å². The van der Waals surface area contributed by atoms with E-state index in [0.717, 1.165) is 26.7 Å². The molecule has 1 aliphatic heterocycles. The molecule has 0 bridgehead atoms. The van der Waals surface area contributed by atoms with Gasteiger partial charge in [0.15, 0.2) is 0 Å². The number of ether oxygens (including phenoxy) is 2. The third-order valence-corrected chi connectivity index (χ3v) is 5.23. The van der Waals surface area contributed by atoms with Gasteiger partial charge in [0, 0.05) is 15.9 Å². The zero-order valence-electron chi connectivity index (χ0n) is 13.3. The van der Waals surface area contributed by atoms with Crippen LogP contribution in [0, 0.1) is 0 Å². The molecule has 0 saturated heterocycles. The maximum absolute atomic E-state index is 12.5. The van der Waals surface area contributed by atoms with E-state index in [0.29, 0.717) is 12.2 Å². The fraction of sp³-hybridized carbons (Fsp3) is 0.263. The summed E-state index contributed by atoms with van der Waals surface area (Å²) in [5, 5.41) is 2.61. The highest BCUT2D eigenvalue weighted by molar-refractivity contribution is 14.1. The number of hydrogen-bond acceptors (Lipinski definition) is 4. The van der Waals surface area contributed by atoms with Crippen molar-refractivity contribution in [1.82, 2.24) is 5.32 Å². The van der Waals surface area contributed by atoms with Gasteiger partial charge in [-0.3, -0.25) is 0 Å². The summed E-state index contributed by atoms with van der Waals surface area (Å²) in [7, 11) is 0. The molecule has 2 atom stereocenters. The van der Waals surface area contributed by atoms with Gasteiger partial charge >= 0.3 is 12.1 Å². The van der Waals surface area contributed by atoms with Crippen molar-refractivity contribution in [2.75, 3.05) is 11.0 Å². The summed E-state index contributed by atoms with van der Waals surface area (Å²) in [6.45, 7) is 0.210. The van der Waals surface area contributed by atoms with Crippen molar-refractivity contribution in [2.45, 2.75) is 18.4 Å². The lowest BCUT2D eigenvalue weighted by molar-refractivity contribution is -0.136. The number of fused-ring (bicyclic) bond motifs is 3. The maximum Gasteiger partial charge on any atom is 0.407 e. The number of esters is 1. The topological polar surface area (TPSA) is 64.6 Å². The van der Waals surface area contributed by atoms with Crippen LogP contribution in [0.3, 0.4) is 0 Å². The van der Waals surface area contributed by atoms with Gasteiger partial charge in [-0.15, -0.1) is 0 Å². The van der Waals surface area contributed by atoms with Crippen molar-refractivity contribution in [3.63, 3.8) is 0 Å². The Bertz CT molecular complexity index is 851. The molecule has 1 N–H and O–H groups in total. The Morgan fingerprint density at radius 3 is 2.72 bits per heavy atom. The normalized spacial score (nSPS) is 21.5. The van der Waals surface area contributed by atoms with Crippen LogP contribution in [0.1, 0.15) is 23.5 Å². The van der Waals surface area contributed by atoms with Gasteiger partial charge in [-0.25, -0.2) is 9.59 Å². The molecule has 1 amide bonds. The van der Waals surface area contributed by atoms with Gasteiger partial charge < -0.3 is 14.8 Å². The number of nitrogens with one attached hydrogen (secondary N) is 1. The number of benzene rings is 2. The monoisotopic (exact) mass is 449 g/mol. The van der Waals surface area contributed by atoms with Gasteiger partial charge in [-0.2, -0.15) is 0 Å². The second-order valence-corrected chi connectivity index (χ2v) is 7.13. The van der Waals surface area contributed by atoms with E-state index in [-0.39, 0.29) is 12.5 Å². The van der Waals surface area contributed by atoms with E-state index >= 15 is 0 Å². The van der Waals surface area contributed by atoms with Crippen molar-refractivity contribution in [3.8, 4) is 16.9 Å². The minimum absolute atomic E-state index is 0.137. The summed E-state index contributed by atoms with van der Waals surface area (Å²) in [5.41, 5.74) is 4.12. The Balaban J connectivity index is 1.82. The Morgan fingerprint density at radius 1 is 1.08 bits per heavy atom. The molecule has 1 unspecified atom stereocenters. The molecule has 2 aromatic rings. The van der Waals surface area contributed by atoms with Gasteiger partial charge in [-0.1, -0.05) is 59.0 Å². The van der Waals surface area contributed by atoms with Gasteiger partial charge in [0.05, 0.1) is 0 Å². The molecule has 0 saturated carbocycles. The lowest BCUT2D eigenvalue weighted by Crippen LogP contribution is -2.44. The minimum Gasteiger partial charge on any atom is -0.449 e. The number of amides is 1. The molecule has 0 spiro atoms. The van der Waals surface area contributed by atoms with Gasteiger partial charge in [-0.05, 0) is 29.2 Å². The predicted octanol–water partition coefficient (Wildman–Crippen LogP) is 3.64. The van der Waals surface area contributed by atoms with E-state index < -0.39 is 18.1 Å². The molecule has 4 rings (SSSR count). The molecular weight excluding hydrogens is 433 g/mol. The summed E-state index contributed by atoms with van der Waals surface area (Å²) in [4.78, 5) is 24.6. The van der Waals surface area contributed by atoms with Crippen LogP contribution in [0.4, 0.5) is 4.79 Å².